The van der Waals surface area contributed by atoms with Crippen molar-refractivity contribution in [3.05, 3.63) is 83.2 Å². The number of aromatic nitrogens is 4. The van der Waals surface area contributed by atoms with Gasteiger partial charge in [0.05, 0.1) is 17.9 Å². The number of carbonyl (C=O) groups is 1. The predicted molar refractivity (Wildman–Crippen MR) is 137 cm³/mol. The number of pyridine rings is 1. The van der Waals surface area contributed by atoms with Crippen LogP contribution in [0.1, 0.15) is 34.2 Å². The number of carbonyl (C=O) groups excluding carboxylic acids is 1. The Kier molecular flexibility index (Phi) is 5.87. The zero-order valence-electron chi connectivity index (χ0n) is 19.7. The molecule has 0 aliphatic carbocycles. The van der Waals surface area contributed by atoms with Crippen LogP contribution in [0.2, 0.25) is 0 Å². The predicted octanol–water partition coefficient (Wildman–Crippen LogP) is 5.97. The first-order valence-corrected chi connectivity index (χ1v) is 12.3. The fraction of sp³-hybridized carbons (Fsp3) is 0.222. The number of para-hydroxylation sites is 1. The van der Waals surface area contributed by atoms with Gasteiger partial charge in [0.25, 0.3) is 0 Å². The van der Waals surface area contributed by atoms with Crippen molar-refractivity contribution in [2.75, 3.05) is 12.4 Å². The number of fused-ring (bicyclic) bond motifs is 3. The molecule has 0 saturated heterocycles. The Morgan fingerprint density at radius 1 is 1.00 bits per heavy atom. The zero-order chi connectivity index (χ0) is 23.8. The molecule has 0 aliphatic rings. The maximum Gasteiger partial charge on any atom is 0.196 e. The Balaban J connectivity index is 1.41. The van der Waals surface area contributed by atoms with Gasteiger partial charge in [-0.25, -0.2) is 0 Å². The van der Waals surface area contributed by atoms with Crippen LogP contribution < -0.4 is 4.74 Å². The molecule has 0 amide bonds. The lowest BCUT2D eigenvalue weighted by atomic mass is 10.1. The van der Waals surface area contributed by atoms with E-state index in [0.29, 0.717) is 6.61 Å². The van der Waals surface area contributed by atoms with Crippen molar-refractivity contribution in [2.24, 2.45) is 0 Å². The first-order valence-electron chi connectivity index (χ1n) is 11.3. The van der Waals surface area contributed by atoms with E-state index in [1.807, 2.05) is 73.7 Å². The molecule has 0 aliphatic heterocycles. The number of ether oxygens (including phenoxy) is 1. The van der Waals surface area contributed by atoms with Crippen LogP contribution in [0.5, 0.6) is 5.75 Å². The molecule has 0 unspecified atom stereocenters. The van der Waals surface area contributed by atoms with Crippen molar-refractivity contribution in [2.45, 2.75) is 32.9 Å². The SMILES string of the molecule is CCOc1ccc(-n2c(C)cc(C(=O)CSc3nnc4cc(C)c5ccccc5n34)c2C)cc1. The molecular weight excluding hydrogens is 444 g/mol. The van der Waals surface area contributed by atoms with Crippen LogP contribution in [0.4, 0.5) is 0 Å². The Hall–Kier alpha value is -3.58. The van der Waals surface area contributed by atoms with Gasteiger partial charge in [-0.1, -0.05) is 30.0 Å². The van der Waals surface area contributed by atoms with Crippen LogP contribution in [0.25, 0.3) is 22.2 Å². The molecular formula is C27H26N4O2S. The van der Waals surface area contributed by atoms with E-state index in [-0.39, 0.29) is 11.5 Å². The third-order valence-corrected chi connectivity index (χ3v) is 6.97. The van der Waals surface area contributed by atoms with Gasteiger partial charge in [-0.05, 0) is 75.7 Å². The minimum atomic E-state index is 0.0726. The number of hydrogen-bond donors (Lipinski definition) is 0. The third-order valence-electron chi connectivity index (χ3n) is 6.04. The second-order valence-corrected chi connectivity index (χ2v) is 9.22. The molecule has 172 valence electrons. The molecule has 0 bridgehead atoms. The molecule has 5 aromatic rings. The van der Waals surface area contributed by atoms with Crippen molar-refractivity contribution >= 4 is 34.1 Å². The molecule has 0 N–H and O–H groups in total. The van der Waals surface area contributed by atoms with Gasteiger partial charge in [-0.2, -0.15) is 0 Å². The summed E-state index contributed by atoms with van der Waals surface area (Å²) in [6.45, 7) is 8.69. The lowest BCUT2D eigenvalue weighted by Gasteiger charge is -2.11. The second-order valence-electron chi connectivity index (χ2n) is 8.28. The summed E-state index contributed by atoms with van der Waals surface area (Å²) >= 11 is 1.42. The van der Waals surface area contributed by atoms with E-state index in [2.05, 4.69) is 33.8 Å². The molecule has 0 spiro atoms. The van der Waals surface area contributed by atoms with Gasteiger partial charge in [0.2, 0.25) is 0 Å². The highest BCUT2D eigenvalue weighted by molar-refractivity contribution is 7.99. The summed E-state index contributed by atoms with van der Waals surface area (Å²) in [7, 11) is 0. The molecule has 3 heterocycles. The number of aryl methyl sites for hydroxylation is 2. The average Bonchev–Trinajstić information content (AvgIpc) is 3.38. The summed E-state index contributed by atoms with van der Waals surface area (Å²) < 4.78 is 9.69. The van der Waals surface area contributed by atoms with E-state index in [1.165, 1.54) is 11.8 Å². The van der Waals surface area contributed by atoms with Crippen LogP contribution in [-0.4, -0.2) is 37.3 Å². The normalized spacial score (nSPS) is 11.4. The quantitative estimate of drug-likeness (QED) is 0.217. The number of thioether (sulfide) groups is 1. The Morgan fingerprint density at radius 3 is 2.53 bits per heavy atom. The highest BCUT2D eigenvalue weighted by Crippen LogP contribution is 2.28. The zero-order valence-corrected chi connectivity index (χ0v) is 20.5. The maximum atomic E-state index is 13.2. The van der Waals surface area contributed by atoms with Gasteiger partial charge in [-0.15, -0.1) is 10.2 Å². The van der Waals surface area contributed by atoms with Crippen molar-refractivity contribution in [1.29, 1.82) is 0 Å². The molecule has 0 radical (unpaired) electrons. The number of hydrogen-bond acceptors (Lipinski definition) is 5. The smallest absolute Gasteiger partial charge is 0.196 e. The Labute approximate surface area is 202 Å². The molecule has 0 fully saturated rings. The van der Waals surface area contributed by atoms with E-state index < -0.39 is 0 Å². The van der Waals surface area contributed by atoms with Crippen molar-refractivity contribution in [3.63, 3.8) is 0 Å². The number of Topliss-reactive ketones (excluding diaryl/α,β-unsaturated/α-hetero) is 1. The van der Waals surface area contributed by atoms with Crippen LogP contribution in [0.15, 0.2) is 65.8 Å². The lowest BCUT2D eigenvalue weighted by molar-refractivity contribution is 0.102. The summed E-state index contributed by atoms with van der Waals surface area (Å²) in [5, 5.41) is 10.6. The van der Waals surface area contributed by atoms with E-state index >= 15 is 0 Å². The summed E-state index contributed by atoms with van der Waals surface area (Å²) in [6, 6.07) is 20.1. The van der Waals surface area contributed by atoms with E-state index in [4.69, 9.17) is 4.74 Å². The first kappa shape index (κ1) is 22.2. The number of benzene rings is 2. The largest absolute Gasteiger partial charge is 0.494 e. The van der Waals surface area contributed by atoms with Crippen LogP contribution >= 0.6 is 11.8 Å². The van der Waals surface area contributed by atoms with Crippen LogP contribution in [0.3, 0.4) is 0 Å². The van der Waals surface area contributed by atoms with Crippen molar-refractivity contribution in [3.8, 4) is 11.4 Å². The lowest BCUT2D eigenvalue weighted by Crippen LogP contribution is -2.06. The molecule has 2 aromatic carbocycles. The van der Waals surface area contributed by atoms with Crippen LogP contribution in [-0.2, 0) is 0 Å². The van der Waals surface area contributed by atoms with E-state index in [9.17, 15) is 4.79 Å². The fourth-order valence-electron chi connectivity index (χ4n) is 4.48. The first-order chi connectivity index (χ1) is 16.5. The Morgan fingerprint density at radius 2 is 1.76 bits per heavy atom. The van der Waals surface area contributed by atoms with Gasteiger partial charge >= 0.3 is 0 Å². The maximum absolute atomic E-state index is 13.2. The highest BCUT2D eigenvalue weighted by atomic mass is 32.2. The topological polar surface area (TPSA) is 61.4 Å². The van der Waals surface area contributed by atoms with Crippen molar-refractivity contribution in [1.82, 2.24) is 19.2 Å². The van der Waals surface area contributed by atoms with Gasteiger partial charge in [0.1, 0.15) is 5.75 Å². The highest BCUT2D eigenvalue weighted by Gasteiger charge is 2.19. The number of ketones is 1. The van der Waals surface area contributed by atoms with Gasteiger partial charge < -0.3 is 9.30 Å². The summed E-state index contributed by atoms with van der Waals surface area (Å²) in [5.74, 6) is 1.20. The number of nitrogens with zero attached hydrogens (tertiary/aromatic N) is 4. The van der Waals surface area contributed by atoms with Crippen LogP contribution in [0, 0.1) is 20.8 Å². The standard InChI is InChI=1S/C27H26N4O2S/c1-5-33-21-12-10-20(11-13-21)30-18(3)15-23(19(30)4)25(32)16-34-27-29-28-26-14-17(2)22-8-6-7-9-24(22)31(26)27/h6-15H,5,16H2,1-4H3. The molecule has 34 heavy (non-hydrogen) atoms. The molecule has 7 heteroatoms. The molecule has 0 atom stereocenters. The summed E-state index contributed by atoms with van der Waals surface area (Å²) in [5.41, 5.74) is 6.68. The minimum Gasteiger partial charge on any atom is -0.494 e. The van der Waals surface area contributed by atoms with Gasteiger partial charge in [0.15, 0.2) is 16.6 Å². The molecule has 0 saturated carbocycles. The second kappa shape index (κ2) is 8.99. The van der Waals surface area contributed by atoms with E-state index in [0.717, 1.165) is 55.7 Å². The average molecular weight is 471 g/mol. The summed E-state index contributed by atoms with van der Waals surface area (Å²) in [6.07, 6.45) is 0. The van der Waals surface area contributed by atoms with E-state index in [1.54, 1.807) is 0 Å². The van der Waals surface area contributed by atoms with Gasteiger partial charge in [0, 0.05) is 28.0 Å². The minimum absolute atomic E-state index is 0.0726. The molecule has 6 nitrogen and oxygen atoms in total. The molecule has 5 rings (SSSR count). The summed E-state index contributed by atoms with van der Waals surface area (Å²) in [4.78, 5) is 13.2. The molecule has 3 aromatic heterocycles. The fourth-order valence-corrected chi connectivity index (χ4v) is 5.31. The third kappa shape index (κ3) is 3.86. The van der Waals surface area contributed by atoms with Gasteiger partial charge in [-0.3, -0.25) is 9.20 Å². The van der Waals surface area contributed by atoms with Crippen molar-refractivity contribution < 1.29 is 9.53 Å². The number of rotatable bonds is 7. The Bertz CT molecular complexity index is 1520. The monoisotopic (exact) mass is 470 g/mol.